The van der Waals surface area contributed by atoms with Crippen LogP contribution in [0.15, 0.2) is 25.3 Å². The quantitative estimate of drug-likeness (QED) is 0.0674. The predicted octanol–water partition coefficient (Wildman–Crippen LogP) is -3.18. The van der Waals surface area contributed by atoms with E-state index in [0.29, 0.717) is 0 Å². The maximum absolute atomic E-state index is 13.3. The number of nitrogens with zero attached hydrogens (tertiary/aromatic N) is 8. The van der Waals surface area contributed by atoms with Gasteiger partial charge < -0.3 is 60.9 Å². The van der Waals surface area contributed by atoms with Gasteiger partial charge >= 0.3 is 23.2 Å². The first-order chi connectivity index (χ1) is 22.9. The van der Waals surface area contributed by atoms with Crippen LogP contribution in [0.5, 0.6) is 0 Å². The minimum atomic E-state index is -5.98. The number of phosphoric ester groups is 2. The topological polar surface area (TPSA) is 398 Å². The van der Waals surface area contributed by atoms with Crippen molar-refractivity contribution in [2.75, 3.05) is 18.1 Å². The maximum atomic E-state index is 13.3. The van der Waals surface area contributed by atoms with E-state index in [0.717, 1.165) is 23.5 Å². The summed E-state index contributed by atoms with van der Waals surface area (Å²) >= 11 is 0. The van der Waals surface area contributed by atoms with Gasteiger partial charge in [0.25, 0.3) is 0 Å². The molecular weight excluding hydrogens is 729 g/mol. The van der Waals surface area contributed by atoms with Crippen LogP contribution in [0.4, 0.5) is 11.6 Å². The molecule has 0 radical (unpaired) electrons. The Bertz CT molecular complexity index is 2010. The molecule has 0 aliphatic carbocycles. The SMILES string of the molecule is Nc1ncnc2c1ncn2C1OC(COP(=O)(O)OP(=O)(O)C(OP(=O)(O)O)C2OC(n3cnc4c(N)ncnc43)C(O)C2O)C(O)C1O. The zero-order valence-electron chi connectivity index (χ0n) is 24.1. The molecule has 4 aromatic rings. The zero-order valence-corrected chi connectivity index (χ0v) is 26.8. The molecule has 26 nitrogen and oxygen atoms in total. The number of hydrogen-bond acceptors (Lipinski definition) is 20. The molecule has 0 aromatic carbocycles. The number of anilines is 2. The van der Waals surface area contributed by atoms with Crippen LogP contribution in [0, 0.1) is 0 Å². The molecule has 268 valence electrons. The van der Waals surface area contributed by atoms with Gasteiger partial charge in [0.05, 0.1) is 19.3 Å². The Balaban J connectivity index is 1.18. The van der Waals surface area contributed by atoms with Crippen LogP contribution in [-0.2, 0) is 36.5 Å². The first-order valence-corrected chi connectivity index (χ1v) is 18.2. The number of aliphatic hydroxyl groups is 4. The van der Waals surface area contributed by atoms with E-state index in [1.807, 2.05) is 0 Å². The lowest BCUT2D eigenvalue weighted by molar-refractivity contribution is -0.0655. The van der Waals surface area contributed by atoms with E-state index < -0.39 is 84.8 Å². The van der Waals surface area contributed by atoms with Crippen molar-refractivity contribution >= 4 is 57.2 Å². The summed E-state index contributed by atoms with van der Waals surface area (Å²) in [5.74, 6) is -3.02. The number of ether oxygens (including phenoxy) is 2. The van der Waals surface area contributed by atoms with Crippen molar-refractivity contribution in [3.63, 3.8) is 0 Å². The molecule has 2 saturated heterocycles. The van der Waals surface area contributed by atoms with Gasteiger partial charge in [0.15, 0.2) is 41.2 Å². The number of aromatic nitrogens is 8. The van der Waals surface area contributed by atoms with E-state index in [2.05, 4.69) is 38.7 Å². The monoisotopic (exact) mass is 756 g/mol. The second-order valence-electron chi connectivity index (χ2n) is 10.6. The molecule has 12 N–H and O–H groups in total. The third-order valence-corrected chi connectivity index (χ3v) is 11.4. The molecule has 2 fully saturated rings. The van der Waals surface area contributed by atoms with Crippen molar-refractivity contribution in [1.82, 2.24) is 39.0 Å². The summed E-state index contributed by atoms with van der Waals surface area (Å²) < 4.78 is 64.7. The Morgan fingerprint density at radius 1 is 0.755 bits per heavy atom. The summed E-state index contributed by atoms with van der Waals surface area (Å²) in [6, 6.07) is 0. The highest BCUT2D eigenvalue weighted by molar-refractivity contribution is 7.64. The average molecular weight is 756 g/mol. The van der Waals surface area contributed by atoms with E-state index in [9.17, 15) is 53.7 Å². The van der Waals surface area contributed by atoms with Crippen LogP contribution in [0.1, 0.15) is 12.5 Å². The summed E-state index contributed by atoms with van der Waals surface area (Å²) in [7, 11) is -17.5. The third-order valence-electron chi connectivity index (χ3n) is 7.40. The molecule has 11 unspecified atom stereocenters. The summed E-state index contributed by atoms with van der Waals surface area (Å²) in [5, 5.41) is 42.6. The molecule has 4 aromatic heterocycles. The number of fused-ring (bicyclic) bond motifs is 2. The number of imidazole rings is 2. The second-order valence-corrected chi connectivity index (χ2v) is 15.3. The molecule has 0 spiro atoms. The highest BCUT2D eigenvalue weighted by Gasteiger charge is 2.57. The highest BCUT2D eigenvalue weighted by Crippen LogP contribution is 2.66. The number of phosphoric acid groups is 2. The van der Waals surface area contributed by atoms with E-state index >= 15 is 0 Å². The van der Waals surface area contributed by atoms with Gasteiger partial charge in [-0.15, -0.1) is 0 Å². The minimum absolute atomic E-state index is 0.0000225. The van der Waals surface area contributed by atoms with E-state index in [1.54, 1.807) is 0 Å². The van der Waals surface area contributed by atoms with Gasteiger partial charge in [-0.1, -0.05) is 0 Å². The van der Waals surface area contributed by atoms with Crippen LogP contribution in [-0.4, -0.2) is 128 Å². The van der Waals surface area contributed by atoms with Gasteiger partial charge in [-0.25, -0.2) is 43.3 Å². The molecule has 2 aliphatic rings. The molecule has 6 heterocycles. The Morgan fingerprint density at radius 3 is 1.80 bits per heavy atom. The molecule has 11 atom stereocenters. The summed E-state index contributed by atoms with van der Waals surface area (Å²) in [6.45, 7) is -1.07. The molecule has 0 saturated carbocycles. The van der Waals surface area contributed by atoms with Gasteiger partial charge in [-0.05, 0) is 0 Å². The number of aliphatic hydroxyl groups excluding tert-OH is 4. The number of hydrogen-bond donors (Lipinski definition) is 10. The molecule has 0 bridgehead atoms. The van der Waals surface area contributed by atoms with Gasteiger partial charge in [-0.3, -0.25) is 22.7 Å². The number of nitrogen functional groups attached to an aromatic ring is 2. The Morgan fingerprint density at radius 2 is 1.27 bits per heavy atom. The van der Waals surface area contributed by atoms with Crippen LogP contribution in [0.3, 0.4) is 0 Å². The first-order valence-electron chi connectivity index (χ1n) is 13.5. The molecular formula is C20H27N10O16P3. The second kappa shape index (κ2) is 12.9. The summed E-state index contributed by atoms with van der Waals surface area (Å²) in [6.07, 6.45) is -10.4. The van der Waals surface area contributed by atoms with E-state index in [-0.39, 0.29) is 34.0 Å². The number of rotatable bonds is 11. The van der Waals surface area contributed by atoms with Crippen molar-refractivity contribution in [2.45, 2.75) is 54.9 Å². The number of nitrogens with two attached hydrogens (primary N) is 2. The fourth-order valence-electron chi connectivity index (χ4n) is 5.19. The van der Waals surface area contributed by atoms with Crippen molar-refractivity contribution in [3.8, 4) is 0 Å². The smallest absolute Gasteiger partial charge is 0.387 e. The van der Waals surface area contributed by atoms with Crippen LogP contribution >= 0.6 is 23.2 Å². The van der Waals surface area contributed by atoms with Crippen molar-refractivity contribution in [2.24, 2.45) is 0 Å². The fraction of sp³-hybridized carbons (Fsp3) is 0.500. The lowest BCUT2D eigenvalue weighted by Gasteiger charge is -2.29. The normalized spacial score (nSPS) is 30.9. The predicted molar refractivity (Wildman–Crippen MR) is 155 cm³/mol. The van der Waals surface area contributed by atoms with Crippen LogP contribution in [0.2, 0.25) is 0 Å². The van der Waals surface area contributed by atoms with Crippen LogP contribution < -0.4 is 11.5 Å². The van der Waals surface area contributed by atoms with Gasteiger partial charge in [0.2, 0.25) is 0 Å². The lowest BCUT2D eigenvalue weighted by Crippen LogP contribution is -2.40. The Hall–Kier alpha value is -3.13. The summed E-state index contributed by atoms with van der Waals surface area (Å²) in [4.78, 5) is 63.4. The molecule has 6 rings (SSSR count). The zero-order chi connectivity index (χ0) is 35.6. The lowest BCUT2D eigenvalue weighted by atomic mass is 10.1. The van der Waals surface area contributed by atoms with Gasteiger partial charge in [0.1, 0.15) is 60.3 Å². The highest BCUT2D eigenvalue weighted by atomic mass is 31.3. The van der Waals surface area contributed by atoms with Crippen molar-refractivity contribution < 1.29 is 76.5 Å². The van der Waals surface area contributed by atoms with Gasteiger partial charge in [-0.2, -0.15) is 0 Å². The molecule has 2 aliphatic heterocycles. The van der Waals surface area contributed by atoms with E-state index in [4.69, 9.17) is 25.5 Å². The first kappa shape index (κ1) is 35.7. The third kappa shape index (κ3) is 6.83. The van der Waals surface area contributed by atoms with Crippen molar-refractivity contribution in [3.05, 3.63) is 25.3 Å². The van der Waals surface area contributed by atoms with E-state index in [1.165, 1.54) is 10.9 Å². The standard InChI is InChI=1S/C20H27N10O16P3/c21-14-7-16(25-2-23-14)29(4-27-7)18-11(33)9(31)6(43-18)1-42-49(40,41)46-47(35,36)20(45-48(37,38)39)13-10(32)12(34)19(44-13)30-5-28-8-15(22)24-3-26-17(8)30/h2-6,9-13,18-20,31-34H,1H2,(H,35,36)(H,40,41)(H2,21,23,25)(H2,22,24,26)(H2,37,38,39). The molecule has 29 heteroatoms. The molecule has 0 amide bonds. The van der Waals surface area contributed by atoms with Gasteiger partial charge in [0, 0.05) is 0 Å². The fourth-order valence-corrected chi connectivity index (χ4v) is 9.13. The Labute approximate surface area is 271 Å². The Kier molecular flexibility index (Phi) is 9.38. The summed E-state index contributed by atoms with van der Waals surface area (Å²) in [5.41, 5.74) is 11.7. The molecule has 49 heavy (non-hydrogen) atoms. The average Bonchev–Trinajstić information content (AvgIpc) is 3.77. The largest absolute Gasteiger partial charge is 0.479 e. The van der Waals surface area contributed by atoms with Crippen molar-refractivity contribution in [1.29, 1.82) is 0 Å². The maximum Gasteiger partial charge on any atom is 0.479 e. The van der Waals surface area contributed by atoms with Crippen LogP contribution in [0.25, 0.3) is 22.3 Å². The minimum Gasteiger partial charge on any atom is -0.387 e.